The van der Waals surface area contributed by atoms with Gasteiger partial charge in [-0.15, -0.1) is 0 Å². The van der Waals surface area contributed by atoms with Gasteiger partial charge in [0, 0.05) is 33.7 Å². The van der Waals surface area contributed by atoms with E-state index in [9.17, 15) is 0 Å². The van der Waals surface area contributed by atoms with Crippen LogP contribution in [0.4, 0.5) is 5.82 Å². The number of nitrogens with zero attached hydrogens (tertiary/aromatic N) is 3. The third-order valence-electron chi connectivity index (χ3n) is 2.97. The number of hydrogen-bond acceptors (Lipinski definition) is 5. The molecule has 0 aliphatic heterocycles. The number of halogens is 1. The Hall–Kier alpha value is -1.74. The summed E-state index contributed by atoms with van der Waals surface area (Å²) in [4.78, 5) is 8.59. The molecule has 0 amide bonds. The molecule has 0 spiro atoms. The molecule has 3 rings (SSSR count). The van der Waals surface area contributed by atoms with E-state index in [0.29, 0.717) is 28.1 Å². The average molecular weight is 486 g/mol. The van der Waals surface area contributed by atoms with Crippen molar-refractivity contribution >= 4 is 17.4 Å². The fourth-order valence-corrected chi connectivity index (χ4v) is 2.05. The Morgan fingerprint density at radius 1 is 1.32 bits per heavy atom. The Bertz CT molecular complexity index is 773. The molecule has 0 aliphatic carbocycles. The van der Waals surface area contributed by atoms with E-state index in [4.69, 9.17) is 16.1 Å². The SMILES string of the molecule is CNc1ncc(Cl)cc1-c1noc(-c2c[c-]c(C)cc2)n1.[Re]. The second-order valence-electron chi connectivity index (χ2n) is 4.48. The van der Waals surface area contributed by atoms with Crippen molar-refractivity contribution in [2.45, 2.75) is 6.92 Å². The van der Waals surface area contributed by atoms with Gasteiger partial charge < -0.3 is 9.84 Å². The van der Waals surface area contributed by atoms with E-state index in [2.05, 4.69) is 26.5 Å². The Labute approximate surface area is 146 Å². The van der Waals surface area contributed by atoms with Gasteiger partial charge in [0.15, 0.2) is 0 Å². The summed E-state index contributed by atoms with van der Waals surface area (Å²) in [6.45, 7) is 1.97. The van der Waals surface area contributed by atoms with Crippen LogP contribution < -0.4 is 5.32 Å². The maximum absolute atomic E-state index is 5.98. The summed E-state index contributed by atoms with van der Waals surface area (Å²) in [6, 6.07) is 10.5. The van der Waals surface area contributed by atoms with Crippen molar-refractivity contribution in [3.63, 3.8) is 0 Å². The number of anilines is 1. The average Bonchev–Trinajstić information content (AvgIpc) is 2.97. The summed E-state index contributed by atoms with van der Waals surface area (Å²) < 4.78 is 5.30. The van der Waals surface area contributed by atoms with Crippen LogP contribution in [0, 0.1) is 13.0 Å². The largest absolute Gasteiger partial charge is 0.373 e. The topological polar surface area (TPSA) is 63.8 Å². The molecular formula is C15H12ClN4ORe-. The van der Waals surface area contributed by atoms with Gasteiger partial charge in [-0.2, -0.15) is 34.8 Å². The summed E-state index contributed by atoms with van der Waals surface area (Å²) in [6.07, 6.45) is 1.56. The van der Waals surface area contributed by atoms with Crippen molar-refractivity contribution in [3.05, 3.63) is 47.1 Å². The van der Waals surface area contributed by atoms with E-state index >= 15 is 0 Å². The summed E-state index contributed by atoms with van der Waals surface area (Å²) in [5, 5.41) is 7.49. The van der Waals surface area contributed by atoms with E-state index < -0.39 is 0 Å². The van der Waals surface area contributed by atoms with Crippen molar-refractivity contribution in [3.8, 4) is 22.8 Å². The van der Waals surface area contributed by atoms with Gasteiger partial charge in [0.2, 0.25) is 11.7 Å². The first-order valence-electron chi connectivity index (χ1n) is 6.33. The van der Waals surface area contributed by atoms with Crippen LogP contribution in [-0.2, 0) is 20.4 Å². The van der Waals surface area contributed by atoms with Crippen LogP contribution in [0.15, 0.2) is 35.0 Å². The van der Waals surface area contributed by atoms with E-state index in [1.54, 1.807) is 19.3 Å². The summed E-state index contributed by atoms with van der Waals surface area (Å²) in [5.74, 6) is 1.51. The van der Waals surface area contributed by atoms with Crippen molar-refractivity contribution in [2.75, 3.05) is 12.4 Å². The molecule has 1 radical (unpaired) electrons. The Morgan fingerprint density at radius 2 is 2.14 bits per heavy atom. The first kappa shape index (κ1) is 16.6. The Morgan fingerprint density at radius 3 is 2.82 bits per heavy atom. The molecule has 2 aromatic heterocycles. The van der Waals surface area contributed by atoms with Crippen LogP contribution in [0.1, 0.15) is 5.56 Å². The minimum absolute atomic E-state index is 0. The number of hydrogen-bond donors (Lipinski definition) is 1. The van der Waals surface area contributed by atoms with Crippen molar-refractivity contribution in [1.29, 1.82) is 0 Å². The smallest absolute Gasteiger partial charge is 0.205 e. The molecule has 0 atom stereocenters. The molecule has 1 N–H and O–H groups in total. The molecule has 1 aromatic carbocycles. The van der Waals surface area contributed by atoms with Crippen LogP contribution in [0.5, 0.6) is 0 Å². The van der Waals surface area contributed by atoms with E-state index in [1.165, 1.54) is 0 Å². The molecule has 113 valence electrons. The monoisotopic (exact) mass is 486 g/mol. The third kappa shape index (κ3) is 3.36. The molecule has 3 aromatic rings. The molecular weight excluding hydrogens is 474 g/mol. The Kier molecular flexibility index (Phi) is 5.30. The van der Waals surface area contributed by atoms with Crippen molar-refractivity contribution in [2.24, 2.45) is 0 Å². The quantitative estimate of drug-likeness (QED) is 0.574. The second-order valence-corrected chi connectivity index (χ2v) is 4.92. The van der Waals surface area contributed by atoms with Gasteiger partial charge >= 0.3 is 0 Å². The first-order valence-corrected chi connectivity index (χ1v) is 6.71. The molecule has 22 heavy (non-hydrogen) atoms. The molecule has 0 saturated carbocycles. The summed E-state index contributed by atoms with van der Waals surface area (Å²) >= 11 is 5.98. The van der Waals surface area contributed by atoms with Crippen molar-refractivity contribution < 1.29 is 24.9 Å². The second kappa shape index (κ2) is 7.01. The zero-order chi connectivity index (χ0) is 14.8. The zero-order valence-corrected chi connectivity index (χ0v) is 15.4. The van der Waals surface area contributed by atoms with E-state index in [-0.39, 0.29) is 20.4 Å². The molecule has 5 nitrogen and oxygen atoms in total. The Balaban J connectivity index is 0.00000176. The van der Waals surface area contributed by atoms with Crippen LogP contribution in [0.3, 0.4) is 0 Å². The van der Waals surface area contributed by atoms with Gasteiger partial charge in [0.05, 0.1) is 10.6 Å². The molecule has 0 bridgehead atoms. The number of nitrogens with one attached hydrogen (secondary N) is 1. The molecule has 7 heteroatoms. The molecule has 0 unspecified atom stereocenters. The zero-order valence-electron chi connectivity index (χ0n) is 11.9. The van der Waals surface area contributed by atoms with Crippen LogP contribution in [0.25, 0.3) is 22.8 Å². The minimum atomic E-state index is 0. The minimum Gasteiger partial charge on any atom is -0.373 e. The predicted molar refractivity (Wildman–Crippen MR) is 81.1 cm³/mol. The first-order chi connectivity index (χ1) is 10.2. The van der Waals surface area contributed by atoms with Crippen molar-refractivity contribution in [1.82, 2.24) is 15.1 Å². The predicted octanol–water partition coefficient (Wildman–Crippen LogP) is 3.60. The summed E-state index contributed by atoms with van der Waals surface area (Å²) in [5.41, 5.74) is 2.56. The van der Waals surface area contributed by atoms with Crippen LogP contribution in [0.2, 0.25) is 5.02 Å². The molecule has 2 heterocycles. The number of aryl methyl sites for hydroxylation is 1. The van der Waals surface area contributed by atoms with Gasteiger partial charge in [0.25, 0.3) is 0 Å². The van der Waals surface area contributed by atoms with Gasteiger partial charge in [0.1, 0.15) is 5.82 Å². The molecule has 0 fully saturated rings. The maximum atomic E-state index is 5.98. The van der Waals surface area contributed by atoms with Gasteiger partial charge in [-0.1, -0.05) is 29.2 Å². The maximum Gasteiger partial charge on any atom is 0.205 e. The van der Waals surface area contributed by atoms with E-state index in [0.717, 1.165) is 11.1 Å². The molecule has 0 saturated heterocycles. The summed E-state index contributed by atoms with van der Waals surface area (Å²) in [7, 11) is 1.77. The standard InChI is InChI=1S/C15H12ClN4O.Re/c1-9-3-5-10(6-4-9)15-19-14(20-21-15)12-7-11(16)8-18-13(12)17-2;/h3,5-8H,1-2H3,(H,17,18);/q-1;. The van der Waals surface area contributed by atoms with Gasteiger partial charge in [-0.3, -0.25) is 0 Å². The van der Waals surface area contributed by atoms with Gasteiger partial charge in [-0.05, 0) is 6.07 Å². The molecule has 0 aliphatic rings. The van der Waals surface area contributed by atoms with Crippen LogP contribution >= 0.6 is 11.6 Å². The number of pyridine rings is 1. The third-order valence-corrected chi connectivity index (χ3v) is 3.18. The van der Waals surface area contributed by atoms with Gasteiger partial charge in [-0.25, -0.2) is 4.98 Å². The van der Waals surface area contributed by atoms with E-state index in [1.807, 2.05) is 25.1 Å². The van der Waals surface area contributed by atoms with Crippen LogP contribution in [-0.4, -0.2) is 22.2 Å². The fourth-order valence-electron chi connectivity index (χ4n) is 1.89. The number of rotatable bonds is 3. The fraction of sp³-hybridized carbons (Fsp3) is 0.133. The number of benzene rings is 1. The number of aromatic nitrogens is 3. The normalized spacial score (nSPS) is 10.1.